The molecule has 0 aliphatic carbocycles. The highest BCUT2D eigenvalue weighted by Gasteiger charge is 2.47. The molecule has 5 nitrogen and oxygen atoms in total. The molecule has 3 aromatic rings. The molecule has 5 atom stereocenters. The van der Waals surface area contributed by atoms with E-state index in [1.54, 1.807) is 11.8 Å². The van der Waals surface area contributed by atoms with Gasteiger partial charge in [-0.25, -0.2) is 0 Å². The van der Waals surface area contributed by atoms with Crippen molar-refractivity contribution in [3.63, 3.8) is 0 Å². The Morgan fingerprint density at radius 3 is 1.50 bits per heavy atom. The highest BCUT2D eigenvalue weighted by atomic mass is 32.2. The second-order valence-corrected chi connectivity index (χ2v) is 9.21. The van der Waals surface area contributed by atoms with Gasteiger partial charge in [0, 0.05) is 5.75 Å². The minimum absolute atomic E-state index is 0.328. The molecule has 1 aliphatic rings. The molecule has 1 N–H and O–H groups in total. The molecular formula is C28H32O5S. The summed E-state index contributed by atoms with van der Waals surface area (Å²) in [5.41, 5.74) is 3.14. The van der Waals surface area contributed by atoms with Crippen molar-refractivity contribution in [2.45, 2.75) is 50.5 Å². The van der Waals surface area contributed by atoms with Gasteiger partial charge in [0.25, 0.3) is 0 Å². The number of benzene rings is 3. The van der Waals surface area contributed by atoms with E-state index < -0.39 is 24.6 Å². The van der Waals surface area contributed by atoms with Gasteiger partial charge in [-0.2, -0.15) is 11.8 Å². The number of aliphatic hydroxyl groups excluding tert-OH is 1. The topological polar surface area (TPSA) is 57.2 Å². The highest BCUT2D eigenvalue weighted by Crippen LogP contribution is 2.30. The van der Waals surface area contributed by atoms with Crippen molar-refractivity contribution in [1.82, 2.24) is 0 Å². The molecule has 1 aliphatic heterocycles. The van der Waals surface area contributed by atoms with Crippen molar-refractivity contribution in [2.24, 2.45) is 0 Å². The Balaban J connectivity index is 1.55. The van der Waals surface area contributed by atoms with Crippen LogP contribution in [-0.2, 0) is 38.8 Å². The number of aliphatic hydroxyl groups is 1. The summed E-state index contributed by atoms with van der Waals surface area (Å²) in [5.74, 6) is 0.674. The van der Waals surface area contributed by atoms with Crippen LogP contribution in [0.5, 0.6) is 0 Å². The third kappa shape index (κ3) is 6.92. The molecule has 0 aromatic heterocycles. The molecule has 0 spiro atoms. The van der Waals surface area contributed by atoms with E-state index in [2.05, 4.69) is 0 Å². The maximum absolute atomic E-state index is 10.9. The number of ether oxygens (including phenoxy) is 4. The minimum atomic E-state index is -1.11. The Labute approximate surface area is 206 Å². The number of hydrogen-bond donors (Lipinski definition) is 1. The van der Waals surface area contributed by atoms with E-state index >= 15 is 0 Å². The van der Waals surface area contributed by atoms with Crippen LogP contribution in [-0.4, -0.2) is 47.8 Å². The summed E-state index contributed by atoms with van der Waals surface area (Å²) < 4.78 is 25.1. The first kappa shape index (κ1) is 24.9. The van der Waals surface area contributed by atoms with Crippen molar-refractivity contribution in [2.75, 3.05) is 12.0 Å². The quantitative estimate of drug-likeness (QED) is 0.425. The van der Waals surface area contributed by atoms with E-state index in [4.69, 9.17) is 18.9 Å². The fraction of sp³-hybridized carbons (Fsp3) is 0.357. The predicted molar refractivity (Wildman–Crippen MR) is 134 cm³/mol. The van der Waals surface area contributed by atoms with Gasteiger partial charge in [0.05, 0.1) is 25.9 Å². The standard InChI is InChI=1S/C28H32O5S/c1-34-20-24-25(30-17-21-11-5-2-6-12-21)26(31-18-22-13-7-3-8-14-22)27(28(29)33-24)32-19-23-15-9-4-10-16-23/h2-16,24-29H,17-20H2,1H3. The van der Waals surface area contributed by atoms with Gasteiger partial charge in [0.1, 0.15) is 18.3 Å². The number of thioether (sulfide) groups is 1. The lowest BCUT2D eigenvalue weighted by molar-refractivity contribution is -0.307. The smallest absolute Gasteiger partial charge is 0.184 e. The zero-order chi connectivity index (χ0) is 23.6. The zero-order valence-electron chi connectivity index (χ0n) is 19.4. The molecule has 1 saturated heterocycles. The maximum atomic E-state index is 10.9. The summed E-state index contributed by atoms with van der Waals surface area (Å²) in [4.78, 5) is 0. The monoisotopic (exact) mass is 480 g/mol. The van der Waals surface area contributed by atoms with Crippen molar-refractivity contribution in [1.29, 1.82) is 0 Å². The van der Waals surface area contributed by atoms with E-state index in [1.807, 2.05) is 97.3 Å². The molecule has 1 fully saturated rings. The van der Waals surface area contributed by atoms with Crippen LogP contribution in [0.4, 0.5) is 0 Å². The minimum Gasteiger partial charge on any atom is -0.368 e. The second kappa shape index (κ2) is 13.0. The normalized spacial score (nSPS) is 24.7. The molecule has 0 bridgehead atoms. The van der Waals surface area contributed by atoms with E-state index in [0.717, 1.165) is 16.7 Å². The van der Waals surface area contributed by atoms with E-state index in [9.17, 15) is 5.11 Å². The maximum Gasteiger partial charge on any atom is 0.184 e. The second-order valence-electron chi connectivity index (χ2n) is 8.30. The molecule has 0 amide bonds. The molecule has 4 rings (SSSR count). The van der Waals surface area contributed by atoms with Crippen LogP contribution in [0.2, 0.25) is 0 Å². The average molecular weight is 481 g/mol. The Kier molecular flexibility index (Phi) is 9.56. The lowest BCUT2D eigenvalue weighted by atomic mass is 9.98. The number of hydrogen-bond acceptors (Lipinski definition) is 6. The lowest BCUT2D eigenvalue weighted by Gasteiger charge is -2.44. The fourth-order valence-corrected chi connectivity index (χ4v) is 4.66. The third-order valence-electron chi connectivity index (χ3n) is 5.80. The summed E-state index contributed by atoms with van der Waals surface area (Å²) in [7, 11) is 0. The SMILES string of the molecule is CSCC1OC(O)C(OCc2ccccc2)C(OCc2ccccc2)C1OCc1ccccc1. The van der Waals surface area contributed by atoms with Crippen molar-refractivity contribution >= 4 is 11.8 Å². The molecule has 180 valence electrons. The molecule has 5 unspecified atom stereocenters. The Hall–Kier alpha value is -2.19. The zero-order valence-corrected chi connectivity index (χ0v) is 20.2. The van der Waals surface area contributed by atoms with Crippen LogP contribution in [0.1, 0.15) is 16.7 Å². The average Bonchev–Trinajstić information content (AvgIpc) is 2.88. The summed E-state index contributed by atoms with van der Waals surface area (Å²) in [6.07, 6.45) is -1.02. The Bertz CT molecular complexity index is 956. The van der Waals surface area contributed by atoms with Crippen molar-refractivity contribution in [3.05, 3.63) is 108 Å². The van der Waals surface area contributed by atoms with E-state index in [-0.39, 0.29) is 6.10 Å². The van der Waals surface area contributed by atoms with Gasteiger partial charge in [0.2, 0.25) is 0 Å². The molecule has 1 heterocycles. The van der Waals surface area contributed by atoms with E-state index in [0.29, 0.717) is 25.6 Å². The van der Waals surface area contributed by atoms with E-state index in [1.165, 1.54) is 0 Å². The van der Waals surface area contributed by atoms with Crippen LogP contribution in [0.3, 0.4) is 0 Å². The van der Waals surface area contributed by atoms with Crippen LogP contribution >= 0.6 is 11.8 Å². The van der Waals surface area contributed by atoms with Crippen LogP contribution in [0, 0.1) is 0 Å². The summed E-state index contributed by atoms with van der Waals surface area (Å²) in [5, 5.41) is 10.9. The Morgan fingerprint density at radius 2 is 1.06 bits per heavy atom. The summed E-state index contributed by atoms with van der Waals surface area (Å²) >= 11 is 1.65. The highest BCUT2D eigenvalue weighted by molar-refractivity contribution is 7.98. The van der Waals surface area contributed by atoms with Gasteiger partial charge < -0.3 is 24.1 Å². The van der Waals surface area contributed by atoms with Gasteiger partial charge in [-0.15, -0.1) is 0 Å². The van der Waals surface area contributed by atoms with Crippen LogP contribution in [0.25, 0.3) is 0 Å². The summed E-state index contributed by atoms with van der Waals surface area (Å²) in [6.45, 7) is 1.16. The van der Waals surface area contributed by atoms with Gasteiger partial charge in [0.15, 0.2) is 6.29 Å². The first-order valence-corrected chi connectivity index (χ1v) is 12.9. The van der Waals surface area contributed by atoms with Crippen molar-refractivity contribution in [3.8, 4) is 0 Å². The molecule has 3 aromatic carbocycles. The van der Waals surface area contributed by atoms with Crippen LogP contribution in [0.15, 0.2) is 91.0 Å². The first-order chi connectivity index (χ1) is 16.7. The van der Waals surface area contributed by atoms with Gasteiger partial charge in [-0.05, 0) is 22.9 Å². The Morgan fingerprint density at radius 1 is 0.647 bits per heavy atom. The molecule has 34 heavy (non-hydrogen) atoms. The largest absolute Gasteiger partial charge is 0.368 e. The number of rotatable bonds is 11. The van der Waals surface area contributed by atoms with Crippen LogP contribution < -0.4 is 0 Å². The third-order valence-corrected chi connectivity index (χ3v) is 6.46. The van der Waals surface area contributed by atoms with Gasteiger partial charge in [-0.1, -0.05) is 91.0 Å². The lowest BCUT2D eigenvalue weighted by Crippen LogP contribution is -2.60. The fourth-order valence-electron chi connectivity index (χ4n) is 4.06. The molecule has 0 radical (unpaired) electrons. The predicted octanol–water partition coefficient (Wildman–Crippen LogP) is 4.82. The molecule has 6 heteroatoms. The first-order valence-electron chi connectivity index (χ1n) is 11.5. The molecule has 0 saturated carbocycles. The van der Waals surface area contributed by atoms with Crippen molar-refractivity contribution < 1.29 is 24.1 Å². The van der Waals surface area contributed by atoms with Gasteiger partial charge in [-0.3, -0.25) is 0 Å². The van der Waals surface area contributed by atoms with Gasteiger partial charge >= 0.3 is 0 Å². The molecular weight excluding hydrogens is 448 g/mol. The summed E-state index contributed by atoms with van der Waals surface area (Å²) in [6, 6.07) is 29.9.